The highest BCUT2D eigenvalue weighted by Gasteiger charge is 2.48. The van der Waals surface area contributed by atoms with Crippen molar-refractivity contribution in [2.75, 3.05) is 0 Å². The summed E-state index contributed by atoms with van der Waals surface area (Å²) in [5.41, 5.74) is -1.40. The molecule has 1 aromatic heterocycles. The van der Waals surface area contributed by atoms with Crippen molar-refractivity contribution in [3.05, 3.63) is 40.6 Å². The number of rotatable bonds is 4. The summed E-state index contributed by atoms with van der Waals surface area (Å²) in [5.74, 6) is -5.11. The van der Waals surface area contributed by atoms with Gasteiger partial charge in [-0.1, -0.05) is 0 Å². The average molecular weight is 478 g/mol. The third-order valence-electron chi connectivity index (χ3n) is 5.20. The highest BCUT2D eigenvalue weighted by Crippen LogP contribution is 2.39. The molecule has 1 aliphatic heterocycles. The van der Waals surface area contributed by atoms with Crippen LogP contribution < -0.4 is 10.2 Å². The third-order valence-corrected chi connectivity index (χ3v) is 5.20. The molecule has 0 amide bonds. The molecule has 13 heteroatoms. The fraction of sp³-hybridized carbons (Fsp3) is 0.238. The summed E-state index contributed by atoms with van der Waals surface area (Å²) in [6.07, 6.45) is -10.1. The first-order valence-electron chi connectivity index (χ1n) is 9.64. The molecule has 4 rings (SSSR count). The Bertz CT molecular complexity index is 1330. The number of hydrogen-bond acceptors (Lipinski definition) is 12. The maximum Gasteiger partial charge on any atom is 0.335 e. The zero-order chi connectivity index (χ0) is 24.9. The van der Waals surface area contributed by atoms with Gasteiger partial charge in [-0.3, -0.25) is 4.79 Å². The van der Waals surface area contributed by atoms with Gasteiger partial charge in [0.05, 0.1) is 0 Å². The molecule has 34 heavy (non-hydrogen) atoms. The van der Waals surface area contributed by atoms with E-state index in [0.717, 1.165) is 24.3 Å². The normalized spacial score (nSPS) is 24.7. The third kappa shape index (κ3) is 3.82. The van der Waals surface area contributed by atoms with Gasteiger partial charge in [-0.25, -0.2) is 4.79 Å². The summed E-state index contributed by atoms with van der Waals surface area (Å²) in [4.78, 5) is 24.6. The molecule has 1 aliphatic rings. The van der Waals surface area contributed by atoms with Gasteiger partial charge < -0.3 is 54.7 Å². The number of carbonyl (C=O) groups is 1. The van der Waals surface area contributed by atoms with Crippen molar-refractivity contribution < 1.29 is 59.5 Å². The van der Waals surface area contributed by atoms with Gasteiger partial charge >= 0.3 is 5.97 Å². The minimum absolute atomic E-state index is 0.0483. The van der Waals surface area contributed by atoms with Crippen LogP contribution in [0.5, 0.6) is 28.7 Å². The van der Waals surface area contributed by atoms with Gasteiger partial charge in [-0.2, -0.15) is 0 Å². The fourth-order valence-electron chi connectivity index (χ4n) is 3.50. The summed E-state index contributed by atoms with van der Waals surface area (Å²) in [6.45, 7) is 0. The van der Waals surface area contributed by atoms with E-state index in [-0.39, 0.29) is 11.1 Å². The number of aromatic hydroxyl groups is 4. The summed E-state index contributed by atoms with van der Waals surface area (Å²) in [5, 5.41) is 78.3. The molecular weight excluding hydrogens is 460 g/mol. The molecule has 180 valence electrons. The number of aliphatic carboxylic acids is 1. The van der Waals surface area contributed by atoms with Crippen LogP contribution in [0.1, 0.15) is 0 Å². The average Bonchev–Trinajstić information content (AvgIpc) is 2.76. The topological polar surface area (TPSA) is 228 Å². The number of phenolic OH excluding ortho intramolecular Hbond substituents is 4. The van der Waals surface area contributed by atoms with Gasteiger partial charge in [0.1, 0.15) is 40.8 Å². The molecule has 5 atom stereocenters. The first kappa shape index (κ1) is 23.1. The van der Waals surface area contributed by atoms with Crippen LogP contribution in [0, 0.1) is 0 Å². The number of ether oxygens (including phenoxy) is 2. The molecule has 1 saturated heterocycles. The van der Waals surface area contributed by atoms with Crippen LogP contribution in [0.25, 0.3) is 22.3 Å². The van der Waals surface area contributed by atoms with E-state index in [1.54, 1.807) is 0 Å². The van der Waals surface area contributed by atoms with Crippen LogP contribution in [-0.2, 0) is 9.53 Å². The Hall–Kier alpha value is -4.04. The first-order chi connectivity index (χ1) is 16.0. The van der Waals surface area contributed by atoms with E-state index in [0.29, 0.717) is 0 Å². The Morgan fingerprint density at radius 3 is 2.24 bits per heavy atom. The lowest BCUT2D eigenvalue weighted by Crippen LogP contribution is -2.61. The van der Waals surface area contributed by atoms with E-state index in [1.165, 1.54) is 6.07 Å². The monoisotopic (exact) mass is 478 g/mol. The summed E-state index contributed by atoms with van der Waals surface area (Å²) >= 11 is 0. The molecule has 0 unspecified atom stereocenters. The van der Waals surface area contributed by atoms with Crippen LogP contribution >= 0.6 is 0 Å². The predicted molar refractivity (Wildman–Crippen MR) is 110 cm³/mol. The molecule has 0 spiro atoms. The zero-order valence-corrected chi connectivity index (χ0v) is 16.9. The Morgan fingerprint density at radius 2 is 1.59 bits per heavy atom. The molecule has 0 radical (unpaired) electrons. The van der Waals surface area contributed by atoms with E-state index < -0.39 is 82.0 Å². The van der Waals surface area contributed by atoms with E-state index in [9.17, 15) is 50.4 Å². The number of carboxylic acids is 1. The smallest absolute Gasteiger partial charge is 0.335 e. The van der Waals surface area contributed by atoms with Gasteiger partial charge in [-0.05, 0) is 18.2 Å². The predicted octanol–water partition coefficient (Wildman–Crippen LogP) is -0.447. The number of aliphatic hydroxyl groups is 3. The molecule has 0 bridgehead atoms. The SMILES string of the molecule is O=C(O)[C@H]1O[C@@H](Oc2c(-c3ccc(O)c(O)c3)oc3cc(O)cc(O)c3c2=O)[C@H](O)[C@@H](O)[C@H]1O. The first-order valence-corrected chi connectivity index (χ1v) is 9.64. The minimum atomic E-state index is -2.03. The van der Waals surface area contributed by atoms with Gasteiger partial charge in [0, 0.05) is 17.7 Å². The van der Waals surface area contributed by atoms with Crippen molar-refractivity contribution in [3.63, 3.8) is 0 Å². The molecule has 13 nitrogen and oxygen atoms in total. The Balaban J connectivity index is 1.91. The van der Waals surface area contributed by atoms with Crippen molar-refractivity contribution >= 4 is 16.9 Å². The molecule has 0 saturated carbocycles. The number of fused-ring (bicyclic) bond motifs is 1. The van der Waals surface area contributed by atoms with E-state index in [2.05, 4.69) is 0 Å². The van der Waals surface area contributed by atoms with Crippen LogP contribution in [0.3, 0.4) is 0 Å². The van der Waals surface area contributed by atoms with Crippen molar-refractivity contribution in [1.82, 2.24) is 0 Å². The maximum atomic E-state index is 13.2. The number of benzene rings is 2. The van der Waals surface area contributed by atoms with Gasteiger partial charge in [-0.15, -0.1) is 0 Å². The lowest BCUT2D eigenvalue weighted by atomic mass is 9.99. The van der Waals surface area contributed by atoms with Gasteiger partial charge in [0.15, 0.2) is 23.4 Å². The minimum Gasteiger partial charge on any atom is -0.508 e. The maximum absolute atomic E-state index is 13.2. The molecule has 8 N–H and O–H groups in total. The van der Waals surface area contributed by atoms with Crippen molar-refractivity contribution in [1.29, 1.82) is 0 Å². The van der Waals surface area contributed by atoms with Crippen LogP contribution in [-0.4, -0.2) is 77.5 Å². The van der Waals surface area contributed by atoms with Crippen LogP contribution in [0.2, 0.25) is 0 Å². The Kier molecular flexibility index (Phi) is 5.70. The molecule has 2 aromatic carbocycles. The number of aliphatic hydroxyl groups excluding tert-OH is 3. The quantitative estimate of drug-likeness (QED) is 0.223. The Morgan fingerprint density at radius 1 is 0.882 bits per heavy atom. The summed E-state index contributed by atoms with van der Waals surface area (Å²) in [7, 11) is 0. The second-order valence-corrected chi connectivity index (χ2v) is 7.48. The number of phenols is 4. The van der Waals surface area contributed by atoms with Gasteiger partial charge in [0.2, 0.25) is 17.5 Å². The van der Waals surface area contributed by atoms with Crippen LogP contribution in [0.15, 0.2) is 39.5 Å². The van der Waals surface area contributed by atoms with Gasteiger partial charge in [0.25, 0.3) is 0 Å². The second kappa shape index (κ2) is 8.39. The fourth-order valence-corrected chi connectivity index (χ4v) is 3.50. The van der Waals surface area contributed by atoms with Crippen molar-refractivity contribution in [3.8, 4) is 40.1 Å². The molecular formula is C21H18O13. The standard InChI is InChI=1S/C21H18O13/c22-7-4-10(25)12-11(5-7)32-17(6-1-2-8(23)9(24)3-6)18(13(12)26)33-21-16(29)14(27)15(28)19(34-21)20(30)31/h1-5,14-16,19,21-25,27-29H,(H,30,31)/t14-,15+,16+,19-,21+/m0/s1. The summed E-state index contributed by atoms with van der Waals surface area (Å²) < 4.78 is 16.1. The highest BCUT2D eigenvalue weighted by atomic mass is 16.7. The van der Waals surface area contributed by atoms with Crippen molar-refractivity contribution in [2.24, 2.45) is 0 Å². The Labute approximate surface area is 188 Å². The second-order valence-electron chi connectivity index (χ2n) is 7.48. The van der Waals surface area contributed by atoms with E-state index in [1.807, 2.05) is 0 Å². The molecule has 1 fully saturated rings. The van der Waals surface area contributed by atoms with Crippen molar-refractivity contribution in [2.45, 2.75) is 30.7 Å². The lowest BCUT2D eigenvalue weighted by molar-refractivity contribution is -0.271. The van der Waals surface area contributed by atoms with E-state index in [4.69, 9.17) is 13.9 Å². The molecule has 3 aromatic rings. The number of hydrogen-bond donors (Lipinski definition) is 8. The number of carboxylic acid groups (broad SMARTS) is 1. The highest BCUT2D eigenvalue weighted by molar-refractivity contribution is 5.88. The van der Waals surface area contributed by atoms with Crippen LogP contribution in [0.4, 0.5) is 0 Å². The summed E-state index contributed by atoms with van der Waals surface area (Å²) in [6, 6.07) is 5.13. The lowest BCUT2D eigenvalue weighted by Gasteiger charge is -2.38. The molecule has 2 heterocycles. The molecule has 0 aliphatic carbocycles. The largest absolute Gasteiger partial charge is 0.508 e. The zero-order valence-electron chi connectivity index (χ0n) is 16.9. The van der Waals surface area contributed by atoms with E-state index >= 15 is 0 Å².